The summed E-state index contributed by atoms with van der Waals surface area (Å²) < 4.78 is 13.6. The molecule has 21 heavy (non-hydrogen) atoms. The molecule has 3 rings (SSSR count). The van der Waals surface area contributed by atoms with E-state index in [-0.39, 0.29) is 29.8 Å². The van der Waals surface area contributed by atoms with Gasteiger partial charge in [-0.3, -0.25) is 4.90 Å². The van der Waals surface area contributed by atoms with Crippen LogP contribution in [0.2, 0.25) is 0 Å². The van der Waals surface area contributed by atoms with Gasteiger partial charge in [-0.2, -0.15) is 0 Å². The van der Waals surface area contributed by atoms with Gasteiger partial charge in [-0.25, -0.2) is 4.39 Å². The maximum Gasteiger partial charge on any atom is 0.139 e. The van der Waals surface area contributed by atoms with Gasteiger partial charge in [0.25, 0.3) is 0 Å². The molecule has 2 atom stereocenters. The van der Waals surface area contributed by atoms with Crippen LogP contribution in [0.25, 0.3) is 0 Å². The summed E-state index contributed by atoms with van der Waals surface area (Å²) in [4.78, 5) is 2.39. The Morgan fingerprint density at radius 1 is 1.43 bits per heavy atom. The minimum atomic E-state index is -0.310. The van der Waals surface area contributed by atoms with E-state index in [2.05, 4.69) is 10.2 Å². The molecule has 116 valence electrons. The van der Waals surface area contributed by atoms with Gasteiger partial charge in [-0.05, 0) is 50.8 Å². The van der Waals surface area contributed by atoms with Gasteiger partial charge in [0, 0.05) is 24.2 Å². The second-order valence-electron chi connectivity index (χ2n) is 6.37. The molecule has 0 amide bonds. The first kappa shape index (κ1) is 14.6. The number of phenols is 1. The molecule has 4 nitrogen and oxygen atoms in total. The fraction of sp³-hybridized carbons (Fsp3) is 0.625. The Morgan fingerprint density at radius 2 is 2.24 bits per heavy atom. The van der Waals surface area contributed by atoms with E-state index < -0.39 is 0 Å². The number of nitrogens with zero attached hydrogens (tertiary/aromatic N) is 1. The average molecular weight is 294 g/mol. The monoisotopic (exact) mass is 294 g/mol. The van der Waals surface area contributed by atoms with E-state index in [4.69, 9.17) is 0 Å². The zero-order valence-electron chi connectivity index (χ0n) is 12.4. The van der Waals surface area contributed by atoms with Crippen molar-refractivity contribution in [3.8, 4) is 5.75 Å². The zero-order chi connectivity index (χ0) is 15.0. The van der Waals surface area contributed by atoms with Crippen LogP contribution in [-0.4, -0.2) is 46.4 Å². The standard InChI is InChI=1S/C16H23FN2O2/c1-11-7-15(21)14(8-13(11)17)18-10-16-4-2-6-19(16)12(9-20)3-5-16/h7-8,12,18,20-21H,2-6,9-10H2,1H3. The molecule has 1 aromatic rings. The number of phenolic OH excluding ortho intramolecular Hbond substituents is 1. The van der Waals surface area contributed by atoms with Crippen molar-refractivity contribution in [2.45, 2.75) is 44.2 Å². The third kappa shape index (κ3) is 2.49. The van der Waals surface area contributed by atoms with Crippen molar-refractivity contribution >= 4 is 5.69 Å². The quantitative estimate of drug-likeness (QED) is 0.746. The number of aromatic hydroxyl groups is 1. The first-order valence-corrected chi connectivity index (χ1v) is 7.66. The number of fused-ring (bicyclic) bond motifs is 1. The molecule has 2 aliphatic heterocycles. The number of benzene rings is 1. The second kappa shape index (κ2) is 5.46. The van der Waals surface area contributed by atoms with Crippen molar-refractivity contribution in [1.29, 1.82) is 0 Å². The van der Waals surface area contributed by atoms with E-state index in [1.807, 2.05) is 0 Å². The first-order valence-electron chi connectivity index (χ1n) is 7.66. The van der Waals surface area contributed by atoms with E-state index in [0.717, 1.165) is 32.2 Å². The SMILES string of the molecule is Cc1cc(O)c(NCC23CCCN2C(CO)CC3)cc1F. The predicted molar refractivity (Wildman–Crippen MR) is 80.1 cm³/mol. The minimum Gasteiger partial charge on any atom is -0.506 e. The summed E-state index contributed by atoms with van der Waals surface area (Å²) in [7, 11) is 0. The molecule has 2 fully saturated rings. The molecule has 0 saturated carbocycles. The van der Waals surface area contributed by atoms with Crippen molar-refractivity contribution in [3.05, 3.63) is 23.5 Å². The molecule has 3 N–H and O–H groups in total. The normalized spacial score (nSPS) is 28.8. The molecule has 0 bridgehead atoms. The Morgan fingerprint density at radius 3 is 3.00 bits per heavy atom. The highest BCUT2D eigenvalue weighted by molar-refractivity contribution is 5.57. The number of hydrogen-bond acceptors (Lipinski definition) is 4. The Hall–Kier alpha value is -1.33. The highest BCUT2D eigenvalue weighted by atomic mass is 19.1. The van der Waals surface area contributed by atoms with E-state index in [1.165, 1.54) is 12.1 Å². The molecule has 0 aliphatic carbocycles. The van der Waals surface area contributed by atoms with Crippen LogP contribution in [0, 0.1) is 12.7 Å². The molecule has 0 spiro atoms. The molecule has 1 aromatic carbocycles. The molecule has 2 heterocycles. The molecular formula is C16H23FN2O2. The van der Waals surface area contributed by atoms with Gasteiger partial charge in [-0.15, -0.1) is 0 Å². The van der Waals surface area contributed by atoms with Crippen molar-refractivity contribution in [3.63, 3.8) is 0 Å². The van der Waals surface area contributed by atoms with Gasteiger partial charge >= 0.3 is 0 Å². The van der Waals surface area contributed by atoms with Crippen LogP contribution < -0.4 is 5.32 Å². The fourth-order valence-corrected chi connectivity index (χ4v) is 3.92. The molecule has 0 radical (unpaired) electrons. The highest BCUT2D eigenvalue weighted by Crippen LogP contribution is 2.42. The summed E-state index contributed by atoms with van der Waals surface area (Å²) in [6.07, 6.45) is 4.27. The minimum absolute atomic E-state index is 0.0429. The zero-order valence-corrected chi connectivity index (χ0v) is 12.4. The number of hydrogen-bond donors (Lipinski definition) is 3. The van der Waals surface area contributed by atoms with Gasteiger partial charge in [0.05, 0.1) is 12.3 Å². The average Bonchev–Trinajstić information content (AvgIpc) is 3.00. The Bertz CT molecular complexity index is 537. The molecular weight excluding hydrogens is 271 g/mol. The third-order valence-corrected chi connectivity index (χ3v) is 5.13. The summed E-state index contributed by atoms with van der Waals surface area (Å²) in [6.45, 7) is 3.53. The van der Waals surface area contributed by atoms with Crippen LogP contribution in [0.4, 0.5) is 10.1 Å². The van der Waals surface area contributed by atoms with E-state index in [9.17, 15) is 14.6 Å². The number of halogens is 1. The number of anilines is 1. The van der Waals surface area contributed by atoms with Crippen molar-refractivity contribution in [2.75, 3.05) is 25.0 Å². The van der Waals surface area contributed by atoms with Gasteiger partial charge in [0.15, 0.2) is 0 Å². The second-order valence-corrected chi connectivity index (χ2v) is 6.37. The van der Waals surface area contributed by atoms with Crippen molar-refractivity contribution in [2.24, 2.45) is 0 Å². The summed E-state index contributed by atoms with van der Waals surface area (Å²) >= 11 is 0. The molecule has 2 aliphatic rings. The smallest absolute Gasteiger partial charge is 0.139 e. The highest BCUT2D eigenvalue weighted by Gasteiger charge is 2.48. The van der Waals surface area contributed by atoms with Crippen LogP contribution in [0.5, 0.6) is 5.75 Å². The Balaban J connectivity index is 1.74. The Kier molecular flexibility index (Phi) is 3.80. The lowest BCUT2D eigenvalue weighted by atomic mass is 9.94. The van der Waals surface area contributed by atoms with Gasteiger partial charge in [-0.1, -0.05) is 0 Å². The summed E-state index contributed by atoms with van der Waals surface area (Å²) in [5, 5.41) is 22.6. The maximum absolute atomic E-state index is 13.6. The van der Waals surface area contributed by atoms with Crippen molar-refractivity contribution < 1.29 is 14.6 Å². The van der Waals surface area contributed by atoms with Crippen LogP contribution in [0.3, 0.4) is 0 Å². The number of rotatable bonds is 4. The van der Waals surface area contributed by atoms with Gasteiger partial charge in [0.2, 0.25) is 0 Å². The van der Waals surface area contributed by atoms with Crippen LogP contribution in [0.15, 0.2) is 12.1 Å². The number of aryl methyl sites for hydroxylation is 1. The summed E-state index contributed by atoms with van der Waals surface area (Å²) in [5.41, 5.74) is 0.938. The van der Waals surface area contributed by atoms with E-state index in [0.29, 0.717) is 17.8 Å². The first-order chi connectivity index (χ1) is 10.1. The predicted octanol–water partition coefficient (Wildman–Crippen LogP) is 2.24. The maximum atomic E-state index is 13.6. The largest absolute Gasteiger partial charge is 0.506 e. The lowest BCUT2D eigenvalue weighted by Gasteiger charge is -2.35. The summed E-state index contributed by atoms with van der Waals surface area (Å²) in [5.74, 6) is -0.220. The molecule has 0 aromatic heterocycles. The van der Waals surface area contributed by atoms with Crippen LogP contribution in [0.1, 0.15) is 31.2 Å². The number of aliphatic hydroxyl groups is 1. The molecule has 2 saturated heterocycles. The topological polar surface area (TPSA) is 55.7 Å². The van der Waals surface area contributed by atoms with E-state index in [1.54, 1.807) is 6.92 Å². The third-order valence-electron chi connectivity index (χ3n) is 5.13. The van der Waals surface area contributed by atoms with Crippen LogP contribution >= 0.6 is 0 Å². The Labute approximate surface area is 124 Å². The lowest BCUT2D eigenvalue weighted by molar-refractivity contribution is 0.113. The van der Waals surface area contributed by atoms with Crippen LogP contribution in [-0.2, 0) is 0 Å². The number of nitrogens with one attached hydrogen (secondary N) is 1. The van der Waals surface area contributed by atoms with Gasteiger partial charge < -0.3 is 15.5 Å². The van der Waals surface area contributed by atoms with Gasteiger partial charge in [0.1, 0.15) is 11.6 Å². The number of aliphatic hydroxyl groups excluding tert-OH is 1. The van der Waals surface area contributed by atoms with Crippen molar-refractivity contribution in [1.82, 2.24) is 4.90 Å². The molecule has 5 heteroatoms. The summed E-state index contributed by atoms with van der Waals surface area (Å²) in [6, 6.07) is 3.06. The fourth-order valence-electron chi connectivity index (χ4n) is 3.92. The molecule has 2 unspecified atom stereocenters. The lowest BCUT2D eigenvalue weighted by Crippen LogP contribution is -2.48. The van der Waals surface area contributed by atoms with E-state index >= 15 is 0 Å².